The molecule has 2 fully saturated rings. The number of nitrogens with zero attached hydrogens (tertiary/aromatic N) is 1. The van der Waals surface area contributed by atoms with Crippen LogP contribution in [-0.4, -0.2) is 68.2 Å². The molecule has 3 rings (SSSR count). The lowest BCUT2D eigenvalue weighted by Crippen LogP contribution is -2.41. The molecule has 2 aliphatic heterocycles. The highest BCUT2D eigenvalue weighted by molar-refractivity contribution is 7.92. The van der Waals surface area contributed by atoms with E-state index in [0.717, 1.165) is 12.0 Å². The molecule has 2 saturated heterocycles. The Balaban J connectivity index is 1.57. The molecule has 1 aromatic carbocycles. The molecule has 0 bridgehead atoms. The number of hydrogen-bond donors (Lipinski definition) is 2. The Hall–Kier alpha value is -1.13. The highest BCUT2D eigenvalue weighted by Gasteiger charge is 2.51. The summed E-state index contributed by atoms with van der Waals surface area (Å²) in [6.45, 7) is 9.67. The first kappa shape index (κ1) is 20.6. The Bertz CT molecular complexity index is 750. The van der Waals surface area contributed by atoms with Gasteiger partial charge in [0.05, 0.1) is 23.1 Å². The lowest BCUT2D eigenvalue weighted by molar-refractivity contribution is 0.00578. The SMILES string of the molecule is CC1(C)OB(c2ccc(NS(=O)(=O)CCN3CC[C@@H](O)C3)cc2)OC1(C)C. The van der Waals surface area contributed by atoms with Crippen LogP contribution >= 0.6 is 0 Å². The van der Waals surface area contributed by atoms with E-state index < -0.39 is 28.3 Å². The molecule has 0 spiro atoms. The van der Waals surface area contributed by atoms with Gasteiger partial charge in [-0.15, -0.1) is 0 Å². The molecule has 27 heavy (non-hydrogen) atoms. The van der Waals surface area contributed by atoms with E-state index in [9.17, 15) is 13.5 Å². The van der Waals surface area contributed by atoms with Crippen LogP contribution in [0.5, 0.6) is 0 Å². The van der Waals surface area contributed by atoms with Gasteiger partial charge in [-0.2, -0.15) is 0 Å². The largest absolute Gasteiger partial charge is 0.494 e. The molecular formula is C18H29BN2O5S. The third-order valence-electron chi connectivity index (χ3n) is 5.63. The Morgan fingerprint density at radius 2 is 1.78 bits per heavy atom. The van der Waals surface area contributed by atoms with Crippen molar-refractivity contribution < 1.29 is 22.8 Å². The molecule has 0 amide bonds. The van der Waals surface area contributed by atoms with Gasteiger partial charge in [0.1, 0.15) is 0 Å². The van der Waals surface area contributed by atoms with E-state index in [1.807, 2.05) is 44.7 Å². The van der Waals surface area contributed by atoms with Gasteiger partial charge in [0.25, 0.3) is 0 Å². The zero-order valence-electron chi connectivity index (χ0n) is 16.4. The van der Waals surface area contributed by atoms with Gasteiger partial charge < -0.3 is 14.4 Å². The number of likely N-dealkylation sites (tertiary alicyclic amines) is 1. The minimum Gasteiger partial charge on any atom is -0.399 e. The second-order valence-electron chi connectivity index (χ2n) is 8.37. The Labute approximate surface area is 162 Å². The zero-order chi connectivity index (χ0) is 19.9. The summed E-state index contributed by atoms with van der Waals surface area (Å²) in [5.74, 6) is -0.00129. The Kier molecular flexibility index (Phi) is 5.62. The number of anilines is 1. The number of nitrogens with one attached hydrogen (secondary N) is 1. The van der Waals surface area contributed by atoms with E-state index in [0.29, 0.717) is 25.2 Å². The van der Waals surface area contributed by atoms with Crippen molar-refractivity contribution in [3.05, 3.63) is 24.3 Å². The molecule has 0 unspecified atom stereocenters. The van der Waals surface area contributed by atoms with Crippen LogP contribution in [0.2, 0.25) is 0 Å². The van der Waals surface area contributed by atoms with Crippen molar-refractivity contribution in [1.29, 1.82) is 0 Å². The maximum Gasteiger partial charge on any atom is 0.494 e. The van der Waals surface area contributed by atoms with Gasteiger partial charge in [-0.3, -0.25) is 9.62 Å². The third-order valence-corrected chi connectivity index (χ3v) is 6.90. The zero-order valence-corrected chi connectivity index (χ0v) is 17.3. The van der Waals surface area contributed by atoms with Crippen LogP contribution in [0.4, 0.5) is 5.69 Å². The van der Waals surface area contributed by atoms with Crippen LogP contribution in [0, 0.1) is 0 Å². The summed E-state index contributed by atoms with van der Waals surface area (Å²) in [5, 5.41) is 9.52. The van der Waals surface area contributed by atoms with E-state index in [1.54, 1.807) is 12.1 Å². The molecule has 7 nitrogen and oxygen atoms in total. The standard InChI is InChI=1S/C18H29BN2O5S/c1-17(2)18(3,4)26-19(25-17)14-5-7-15(8-6-14)20-27(23,24)12-11-21-10-9-16(22)13-21/h5-8,16,20,22H,9-13H2,1-4H3/t16-/m1/s1. The Morgan fingerprint density at radius 3 is 2.30 bits per heavy atom. The molecule has 0 aromatic heterocycles. The van der Waals surface area contributed by atoms with Crippen molar-refractivity contribution in [1.82, 2.24) is 4.90 Å². The summed E-state index contributed by atoms with van der Waals surface area (Å²) in [5.41, 5.74) is 0.529. The number of sulfonamides is 1. The predicted molar refractivity (Wildman–Crippen MR) is 107 cm³/mol. The number of aliphatic hydroxyl groups excluding tert-OH is 1. The van der Waals surface area contributed by atoms with Gasteiger partial charge >= 0.3 is 7.12 Å². The summed E-state index contributed by atoms with van der Waals surface area (Å²) in [6.07, 6.45) is 0.358. The fourth-order valence-electron chi connectivity index (χ4n) is 3.18. The van der Waals surface area contributed by atoms with Gasteiger partial charge in [0, 0.05) is 25.3 Å². The number of β-amino-alcohol motifs (C(OH)–C–C–N with tert-alkyl or cyclic N) is 1. The molecule has 2 heterocycles. The van der Waals surface area contributed by atoms with Crippen LogP contribution in [-0.2, 0) is 19.3 Å². The summed E-state index contributed by atoms with van der Waals surface area (Å²) in [6, 6.07) is 7.07. The second kappa shape index (κ2) is 7.37. The number of hydrogen-bond acceptors (Lipinski definition) is 6. The van der Waals surface area contributed by atoms with Crippen LogP contribution < -0.4 is 10.2 Å². The van der Waals surface area contributed by atoms with Crippen molar-refractivity contribution in [3.8, 4) is 0 Å². The summed E-state index contributed by atoms with van der Waals surface area (Å²) < 4.78 is 39.2. The van der Waals surface area contributed by atoms with Gasteiger partial charge in [-0.05, 0) is 51.7 Å². The summed E-state index contributed by atoms with van der Waals surface area (Å²) in [7, 11) is -3.91. The quantitative estimate of drug-likeness (QED) is 0.692. The van der Waals surface area contributed by atoms with E-state index in [4.69, 9.17) is 9.31 Å². The average Bonchev–Trinajstić information content (AvgIpc) is 3.06. The van der Waals surface area contributed by atoms with Gasteiger partial charge in [-0.25, -0.2) is 8.42 Å². The molecule has 2 N–H and O–H groups in total. The lowest BCUT2D eigenvalue weighted by atomic mass is 9.79. The van der Waals surface area contributed by atoms with Gasteiger partial charge in [0.15, 0.2) is 0 Å². The van der Waals surface area contributed by atoms with Gasteiger partial charge in [-0.1, -0.05) is 12.1 Å². The van der Waals surface area contributed by atoms with E-state index >= 15 is 0 Å². The van der Waals surface area contributed by atoms with E-state index in [2.05, 4.69) is 4.72 Å². The normalized spacial score (nSPS) is 25.1. The topological polar surface area (TPSA) is 88.1 Å². The fourth-order valence-corrected chi connectivity index (χ4v) is 4.28. The molecule has 2 aliphatic rings. The molecule has 150 valence electrons. The van der Waals surface area contributed by atoms with Crippen molar-refractivity contribution >= 4 is 28.3 Å². The fraction of sp³-hybridized carbons (Fsp3) is 0.667. The van der Waals surface area contributed by atoms with E-state index in [1.165, 1.54) is 0 Å². The smallest absolute Gasteiger partial charge is 0.399 e. The number of aliphatic hydroxyl groups is 1. The first-order valence-electron chi connectivity index (χ1n) is 9.34. The lowest BCUT2D eigenvalue weighted by Gasteiger charge is -2.32. The van der Waals surface area contributed by atoms with Crippen molar-refractivity contribution in [3.63, 3.8) is 0 Å². The first-order valence-corrected chi connectivity index (χ1v) is 11.0. The average molecular weight is 396 g/mol. The molecular weight excluding hydrogens is 367 g/mol. The van der Waals surface area contributed by atoms with Crippen molar-refractivity contribution in [2.45, 2.75) is 51.4 Å². The van der Waals surface area contributed by atoms with Crippen LogP contribution in [0.3, 0.4) is 0 Å². The minimum atomic E-state index is -3.44. The molecule has 1 aromatic rings. The number of benzene rings is 1. The summed E-state index contributed by atoms with van der Waals surface area (Å²) in [4.78, 5) is 1.96. The second-order valence-corrected chi connectivity index (χ2v) is 10.2. The minimum absolute atomic E-state index is 0.00129. The van der Waals surface area contributed by atoms with Crippen LogP contribution in [0.25, 0.3) is 0 Å². The van der Waals surface area contributed by atoms with Crippen LogP contribution in [0.15, 0.2) is 24.3 Å². The molecule has 0 radical (unpaired) electrons. The van der Waals surface area contributed by atoms with Crippen LogP contribution in [0.1, 0.15) is 34.1 Å². The molecule has 9 heteroatoms. The first-order chi connectivity index (χ1) is 12.5. The maximum absolute atomic E-state index is 12.3. The number of rotatable bonds is 6. The highest BCUT2D eigenvalue weighted by atomic mass is 32.2. The van der Waals surface area contributed by atoms with E-state index in [-0.39, 0.29) is 11.9 Å². The molecule has 1 atom stereocenters. The third kappa shape index (κ3) is 4.84. The summed E-state index contributed by atoms with van der Waals surface area (Å²) >= 11 is 0. The van der Waals surface area contributed by atoms with Gasteiger partial charge in [0.2, 0.25) is 10.0 Å². The monoisotopic (exact) mass is 396 g/mol. The van der Waals surface area contributed by atoms with Crippen molar-refractivity contribution in [2.24, 2.45) is 0 Å². The molecule has 0 saturated carbocycles. The molecule has 0 aliphatic carbocycles. The predicted octanol–water partition coefficient (Wildman–Crippen LogP) is 0.794. The van der Waals surface area contributed by atoms with Crippen molar-refractivity contribution in [2.75, 3.05) is 30.1 Å². The Morgan fingerprint density at radius 1 is 1.19 bits per heavy atom. The highest BCUT2D eigenvalue weighted by Crippen LogP contribution is 2.36. The maximum atomic E-state index is 12.3.